The number of carbonyl (C=O) groups is 1. The number of hydrogen-bond acceptors (Lipinski definition) is 5. The molecule has 26 heavy (non-hydrogen) atoms. The van der Waals surface area contributed by atoms with Crippen LogP contribution in [0, 0.1) is 3.57 Å². The average Bonchev–Trinajstić information content (AvgIpc) is 3.24. The molecule has 0 N–H and O–H groups in total. The number of nitrogens with zero attached hydrogens (tertiary/aromatic N) is 1. The zero-order chi connectivity index (χ0) is 18.1. The molecule has 2 aromatic carbocycles. The van der Waals surface area contributed by atoms with Crippen molar-refractivity contribution in [1.29, 1.82) is 0 Å². The molecule has 2 heterocycles. The van der Waals surface area contributed by atoms with Gasteiger partial charge in [-0.1, -0.05) is 17.3 Å². The van der Waals surface area contributed by atoms with Gasteiger partial charge >= 0.3 is 5.97 Å². The van der Waals surface area contributed by atoms with Crippen molar-refractivity contribution >= 4 is 28.6 Å². The molecule has 1 unspecified atom stereocenters. The Hall–Kier alpha value is -2.35. The van der Waals surface area contributed by atoms with Gasteiger partial charge in [0.1, 0.15) is 24.2 Å². The third-order valence-corrected chi connectivity index (χ3v) is 5.13. The highest BCUT2D eigenvalue weighted by atomic mass is 127. The summed E-state index contributed by atoms with van der Waals surface area (Å²) in [5, 5.41) is 4.00. The number of aromatic nitrogens is 1. The molecule has 4 rings (SSSR count). The summed E-state index contributed by atoms with van der Waals surface area (Å²) < 4.78 is 17.3. The van der Waals surface area contributed by atoms with Crippen LogP contribution in [0.2, 0.25) is 0 Å². The van der Waals surface area contributed by atoms with Crippen LogP contribution in [-0.4, -0.2) is 17.2 Å². The zero-order valence-electron chi connectivity index (χ0n) is 14.1. The summed E-state index contributed by atoms with van der Waals surface area (Å²) >= 11 is 2.11. The number of rotatable bonds is 4. The molecule has 0 amide bonds. The van der Waals surface area contributed by atoms with Gasteiger partial charge in [-0.05, 0) is 65.4 Å². The number of hydrogen-bond donors (Lipinski definition) is 0. The smallest absolute Gasteiger partial charge is 0.339 e. The van der Waals surface area contributed by atoms with Gasteiger partial charge in [0.2, 0.25) is 0 Å². The Morgan fingerprint density at radius 3 is 2.96 bits per heavy atom. The third-order valence-electron chi connectivity index (χ3n) is 4.18. The summed E-state index contributed by atoms with van der Waals surface area (Å²) in [5.74, 6) is 1.20. The third kappa shape index (κ3) is 3.46. The van der Waals surface area contributed by atoms with E-state index in [9.17, 15) is 4.79 Å². The Morgan fingerprint density at radius 2 is 2.12 bits per heavy atom. The van der Waals surface area contributed by atoms with Gasteiger partial charge in [0.05, 0.1) is 5.56 Å². The first-order valence-electron chi connectivity index (χ1n) is 8.27. The molecule has 132 valence electrons. The molecule has 0 fully saturated rings. The molecule has 3 aromatic rings. The summed E-state index contributed by atoms with van der Waals surface area (Å²) in [6.07, 6.45) is 1.09. The summed E-state index contributed by atoms with van der Waals surface area (Å²) in [7, 11) is 0. The second-order valence-corrected chi connectivity index (χ2v) is 7.36. The van der Waals surface area contributed by atoms with E-state index in [-0.39, 0.29) is 18.7 Å². The van der Waals surface area contributed by atoms with E-state index < -0.39 is 0 Å². The first kappa shape index (κ1) is 17.1. The topological polar surface area (TPSA) is 61.6 Å². The number of fused-ring (bicyclic) bond motifs is 1. The molecular weight excluding hydrogens is 445 g/mol. The maximum atomic E-state index is 12.2. The summed E-state index contributed by atoms with van der Waals surface area (Å²) in [6.45, 7) is 2.12. The van der Waals surface area contributed by atoms with Crippen molar-refractivity contribution in [3.05, 3.63) is 68.9 Å². The number of esters is 1. The Balaban J connectivity index is 1.45. The monoisotopic (exact) mass is 461 g/mol. The molecule has 1 aromatic heterocycles. The Morgan fingerprint density at radius 1 is 1.27 bits per heavy atom. The van der Waals surface area contributed by atoms with E-state index in [0.29, 0.717) is 17.0 Å². The maximum absolute atomic E-state index is 12.2. The van der Waals surface area contributed by atoms with E-state index in [0.717, 1.165) is 26.9 Å². The predicted molar refractivity (Wildman–Crippen MR) is 104 cm³/mol. The van der Waals surface area contributed by atoms with Crippen LogP contribution in [0.15, 0.2) is 53.1 Å². The lowest BCUT2D eigenvalue weighted by atomic mass is 10.1. The Kier molecular flexibility index (Phi) is 4.67. The van der Waals surface area contributed by atoms with Crippen molar-refractivity contribution in [3.63, 3.8) is 0 Å². The zero-order valence-corrected chi connectivity index (χ0v) is 16.2. The molecule has 1 aliphatic heterocycles. The first-order chi connectivity index (χ1) is 12.6. The van der Waals surface area contributed by atoms with E-state index in [2.05, 4.69) is 40.7 Å². The lowest BCUT2D eigenvalue weighted by Crippen LogP contribution is -2.07. The van der Waals surface area contributed by atoms with Gasteiger partial charge in [0.15, 0.2) is 5.76 Å². The van der Waals surface area contributed by atoms with E-state index in [1.807, 2.05) is 30.3 Å². The molecule has 0 spiro atoms. The predicted octanol–water partition coefficient (Wildman–Crippen LogP) is 4.63. The summed E-state index contributed by atoms with van der Waals surface area (Å²) in [4.78, 5) is 12.2. The second-order valence-electron chi connectivity index (χ2n) is 6.19. The molecule has 0 saturated heterocycles. The van der Waals surface area contributed by atoms with Crippen molar-refractivity contribution in [2.24, 2.45) is 0 Å². The summed E-state index contributed by atoms with van der Waals surface area (Å²) in [6, 6.07) is 15.0. The van der Waals surface area contributed by atoms with Gasteiger partial charge in [-0.2, -0.15) is 0 Å². The molecule has 1 aliphatic rings. The molecule has 5 nitrogen and oxygen atoms in total. The van der Waals surface area contributed by atoms with Gasteiger partial charge in [0, 0.05) is 21.6 Å². The van der Waals surface area contributed by atoms with E-state index >= 15 is 0 Å². The highest BCUT2D eigenvalue weighted by molar-refractivity contribution is 14.1. The van der Waals surface area contributed by atoms with Crippen LogP contribution in [-0.2, 0) is 17.8 Å². The number of benzene rings is 2. The quantitative estimate of drug-likeness (QED) is 0.419. The minimum absolute atomic E-state index is 0.0679. The largest absolute Gasteiger partial charge is 0.490 e. The highest BCUT2D eigenvalue weighted by Gasteiger charge is 2.20. The van der Waals surface area contributed by atoms with E-state index in [1.54, 1.807) is 12.1 Å². The van der Waals surface area contributed by atoms with Crippen LogP contribution in [0.3, 0.4) is 0 Å². The Bertz CT molecular complexity index is 966. The van der Waals surface area contributed by atoms with Gasteiger partial charge in [-0.15, -0.1) is 0 Å². The fourth-order valence-electron chi connectivity index (χ4n) is 2.94. The van der Waals surface area contributed by atoms with Crippen molar-refractivity contribution in [2.75, 3.05) is 0 Å². The van der Waals surface area contributed by atoms with Crippen molar-refractivity contribution in [3.8, 4) is 17.1 Å². The lowest BCUT2D eigenvalue weighted by Gasteiger charge is -2.04. The van der Waals surface area contributed by atoms with Crippen LogP contribution in [0.25, 0.3) is 11.3 Å². The van der Waals surface area contributed by atoms with Crippen LogP contribution < -0.4 is 4.74 Å². The van der Waals surface area contributed by atoms with Gasteiger partial charge in [-0.25, -0.2) is 4.79 Å². The number of carbonyl (C=O) groups excluding carboxylic acids is 1. The fourth-order valence-corrected chi connectivity index (χ4v) is 3.54. The molecule has 0 aliphatic carbocycles. The molecule has 1 atom stereocenters. The van der Waals surface area contributed by atoms with Crippen LogP contribution in [0.1, 0.15) is 28.5 Å². The van der Waals surface area contributed by atoms with Crippen molar-refractivity contribution in [2.45, 2.75) is 26.1 Å². The average molecular weight is 461 g/mol. The van der Waals surface area contributed by atoms with Crippen molar-refractivity contribution in [1.82, 2.24) is 5.16 Å². The molecule has 0 radical (unpaired) electrons. The van der Waals surface area contributed by atoms with Crippen LogP contribution in [0.5, 0.6) is 5.75 Å². The van der Waals surface area contributed by atoms with E-state index in [1.165, 1.54) is 0 Å². The molecular formula is C20H16INO4. The second kappa shape index (κ2) is 7.11. The molecule has 6 heteroatoms. The highest BCUT2D eigenvalue weighted by Crippen LogP contribution is 2.33. The Labute approximate surface area is 164 Å². The van der Waals surface area contributed by atoms with E-state index in [4.69, 9.17) is 14.0 Å². The fraction of sp³-hybridized carbons (Fsp3) is 0.200. The normalized spacial score (nSPS) is 15.4. The standard InChI is InChI=1S/C20H16INO4/c1-12-8-14-9-13(6-7-18(14)25-12)19-10-15(22-26-19)11-24-20(23)16-4-2-3-5-17(16)21/h2-7,9-10,12H,8,11H2,1H3. The van der Waals surface area contributed by atoms with Gasteiger partial charge in [0.25, 0.3) is 0 Å². The first-order valence-corrected chi connectivity index (χ1v) is 9.35. The number of halogens is 1. The van der Waals surface area contributed by atoms with Crippen LogP contribution in [0.4, 0.5) is 0 Å². The molecule has 0 saturated carbocycles. The minimum atomic E-state index is -0.372. The van der Waals surface area contributed by atoms with Crippen LogP contribution >= 0.6 is 22.6 Å². The summed E-state index contributed by atoms with van der Waals surface area (Å²) in [5.41, 5.74) is 3.22. The lowest BCUT2D eigenvalue weighted by molar-refractivity contribution is 0.0463. The number of ether oxygens (including phenoxy) is 2. The van der Waals surface area contributed by atoms with Gasteiger partial charge < -0.3 is 14.0 Å². The minimum Gasteiger partial charge on any atom is -0.490 e. The van der Waals surface area contributed by atoms with Crippen molar-refractivity contribution < 1.29 is 18.8 Å². The molecule has 0 bridgehead atoms. The maximum Gasteiger partial charge on any atom is 0.339 e. The van der Waals surface area contributed by atoms with Gasteiger partial charge in [-0.3, -0.25) is 0 Å². The SMILES string of the molecule is CC1Cc2cc(-c3cc(COC(=O)c4ccccc4I)no3)ccc2O1.